The van der Waals surface area contributed by atoms with Crippen LogP contribution in [0.3, 0.4) is 0 Å². The van der Waals surface area contributed by atoms with Crippen molar-refractivity contribution in [2.45, 2.75) is 20.4 Å². The molecule has 33 heavy (non-hydrogen) atoms. The molecule has 9 heteroatoms. The molecule has 0 amide bonds. The molecule has 4 rings (SSSR count). The fourth-order valence-corrected chi connectivity index (χ4v) is 5.01. The van der Waals surface area contributed by atoms with E-state index >= 15 is 0 Å². The lowest BCUT2D eigenvalue weighted by atomic mass is 10.1. The molecular formula is C24H21ClN2O5S. The number of nitrogens with zero attached hydrogens (tertiary/aromatic N) is 2. The lowest BCUT2D eigenvalue weighted by Gasteiger charge is -2.13. The van der Waals surface area contributed by atoms with Crippen molar-refractivity contribution >= 4 is 38.9 Å². The number of benzene rings is 2. The Hall–Kier alpha value is -3.36. The Morgan fingerprint density at radius 3 is 2.42 bits per heavy atom. The maximum Gasteiger partial charge on any atom is 0.337 e. The van der Waals surface area contributed by atoms with Crippen LogP contribution in [0.2, 0.25) is 5.02 Å². The van der Waals surface area contributed by atoms with Gasteiger partial charge in [0, 0.05) is 15.5 Å². The normalized spacial score (nSPS) is 11.1. The smallest absolute Gasteiger partial charge is 0.337 e. The molecule has 0 N–H and O–H groups in total. The molecule has 0 fully saturated rings. The Labute approximate surface area is 198 Å². The minimum Gasteiger partial charge on any atom is -0.493 e. The number of carbonyl (C=O) groups excluding carboxylic acids is 1. The summed E-state index contributed by atoms with van der Waals surface area (Å²) in [5, 5.41) is 0.808. The second-order valence-electron chi connectivity index (χ2n) is 7.45. The van der Waals surface area contributed by atoms with Crippen molar-refractivity contribution in [3.63, 3.8) is 0 Å². The monoisotopic (exact) mass is 484 g/mol. The highest BCUT2D eigenvalue weighted by Crippen LogP contribution is 2.29. The molecule has 4 aromatic rings. The van der Waals surface area contributed by atoms with Gasteiger partial charge in [-0.1, -0.05) is 17.7 Å². The van der Waals surface area contributed by atoms with Crippen LogP contribution in [0.25, 0.3) is 15.9 Å². The first kappa shape index (κ1) is 22.8. The van der Waals surface area contributed by atoms with Crippen LogP contribution >= 0.6 is 22.9 Å². The van der Waals surface area contributed by atoms with Gasteiger partial charge in [0.25, 0.3) is 5.56 Å². The highest BCUT2D eigenvalue weighted by molar-refractivity contribution is 7.18. The lowest BCUT2D eigenvalue weighted by Crippen LogP contribution is -2.39. The summed E-state index contributed by atoms with van der Waals surface area (Å²) < 4.78 is 12.9. The number of aromatic nitrogens is 2. The summed E-state index contributed by atoms with van der Waals surface area (Å²) in [6.07, 6.45) is 0. The first-order valence-electron chi connectivity index (χ1n) is 10.0. The number of Topliss-reactive ketones (excluding diaryl/α,β-unsaturated/α-hetero) is 1. The van der Waals surface area contributed by atoms with Crippen LogP contribution in [0.15, 0.2) is 52.1 Å². The van der Waals surface area contributed by atoms with Crippen molar-refractivity contribution in [1.29, 1.82) is 0 Å². The Morgan fingerprint density at radius 2 is 1.76 bits per heavy atom. The predicted molar refractivity (Wildman–Crippen MR) is 130 cm³/mol. The molecular weight excluding hydrogens is 464 g/mol. The number of fused-ring (bicyclic) bond motifs is 1. The van der Waals surface area contributed by atoms with E-state index in [1.54, 1.807) is 42.5 Å². The lowest BCUT2D eigenvalue weighted by molar-refractivity contribution is 0.0971. The van der Waals surface area contributed by atoms with Crippen molar-refractivity contribution in [2.75, 3.05) is 14.2 Å². The van der Waals surface area contributed by atoms with Gasteiger partial charge < -0.3 is 9.47 Å². The molecule has 0 atom stereocenters. The third kappa shape index (κ3) is 3.96. The molecule has 0 aliphatic carbocycles. The number of thiophene rings is 1. The van der Waals surface area contributed by atoms with Gasteiger partial charge >= 0.3 is 5.69 Å². The van der Waals surface area contributed by atoms with Gasteiger partial charge in [0.15, 0.2) is 17.3 Å². The summed E-state index contributed by atoms with van der Waals surface area (Å²) in [6, 6.07) is 11.3. The number of aryl methyl sites for hydroxylation is 2. The van der Waals surface area contributed by atoms with E-state index in [-0.39, 0.29) is 12.3 Å². The van der Waals surface area contributed by atoms with Crippen LogP contribution in [0, 0.1) is 13.8 Å². The minimum absolute atomic E-state index is 0.245. The van der Waals surface area contributed by atoms with Gasteiger partial charge in [-0.15, -0.1) is 11.3 Å². The van der Waals surface area contributed by atoms with E-state index in [2.05, 4.69) is 0 Å². The largest absolute Gasteiger partial charge is 0.493 e. The van der Waals surface area contributed by atoms with Gasteiger partial charge in [0.1, 0.15) is 4.83 Å². The molecule has 7 nitrogen and oxygen atoms in total. The van der Waals surface area contributed by atoms with Crippen molar-refractivity contribution in [3.05, 3.63) is 84.3 Å². The van der Waals surface area contributed by atoms with Crippen LogP contribution < -0.4 is 20.7 Å². The Bertz CT molecular complexity index is 1520. The van der Waals surface area contributed by atoms with Crippen LogP contribution in [0.5, 0.6) is 11.5 Å². The van der Waals surface area contributed by atoms with Gasteiger partial charge in [0.2, 0.25) is 0 Å². The summed E-state index contributed by atoms with van der Waals surface area (Å²) in [7, 11) is 2.99. The summed E-state index contributed by atoms with van der Waals surface area (Å²) in [5.41, 5.74) is 0.440. The SMILES string of the molecule is COc1ccc(C(=O)Cn2c(=O)n(-c3cccc(Cl)c3)c(=O)c3c(C)c(C)sc32)cc1OC. The van der Waals surface area contributed by atoms with Crippen molar-refractivity contribution in [2.24, 2.45) is 0 Å². The molecule has 2 aromatic heterocycles. The van der Waals surface area contributed by atoms with Crippen molar-refractivity contribution in [3.8, 4) is 17.2 Å². The second-order valence-corrected chi connectivity index (χ2v) is 9.09. The number of hydrogen-bond acceptors (Lipinski definition) is 6. The highest BCUT2D eigenvalue weighted by atomic mass is 35.5. The number of hydrogen-bond donors (Lipinski definition) is 0. The third-order valence-corrected chi connectivity index (χ3v) is 6.99. The van der Waals surface area contributed by atoms with Gasteiger partial charge in [-0.25, -0.2) is 9.36 Å². The molecule has 0 saturated carbocycles. The standard InChI is InChI=1S/C24H21ClN2O5S/c1-13-14(2)33-23-21(13)22(29)27(17-7-5-6-16(25)11-17)24(30)26(23)12-18(28)15-8-9-19(31-3)20(10-15)32-4/h5-11H,12H2,1-4H3. The van der Waals surface area contributed by atoms with E-state index in [9.17, 15) is 14.4 Å². The number of ketones is 1. The maximum absolute atomic E-state index is 13.5. The summed E-state index contributed by atoms with van der Waals surface area (Å²) in [5.74, 6) is 0.597. The molecule has 0 unspecified atom stereocenters. The molecule has 170 valence electrons. The van der Waals surface area contributed by atoms with E-state index in [1.165, 1.54) is 30.1 Å². The maximum atomic E-state index is 13.5. The van der Waals surface area contributed by atoms with Crippen LogP contribution in [0.1, 0.15) is 20.8 Å². The predicted octanol–water partition coefficient (Wildman–Crippen LogP) is 4.38. The van der Waals surface area contributed by atoms with Crippen molar-refractivity contribution < 1.29 is 14.3 Å². The molecule has 0 spiro atoms. The Morgan fingerprint density at radius 1 is 1.03 bits per heavy atom. The molecule has 0 aliphatic heterocycles. The zero-order valence-electron chi connectivity index (χ0n) is 18.5. The van der Waals surface area contributed by atoms with Gasteiger partial charge in [-0.3, -0.25) is 14.2 Å². The van der Waals surface area contributed by atoms with Crippen molar-refractivity contribution in [1.82, 2.24) is 9.13 Å². The topological polar surface area (TPSA) is 79.5 Å². The van der Waals surface area contributed by atoms with E-state index in [1.807, 2.05) is 13.8 Å². The Kier molecular flexibility index (Phi) is 6.14. The molecule has 0 saturated heterocycles. The van der Waals surface area contributed by atoms with Gasteiger partial charge in [-0.2, -0.15) is 0 Å². The van der Waals surface area contributed by atoms with E-state index in [0.29, 0.717) is 38.0 Å². The molecule has 0 radical (unpaired) electrons. The summed E-state index contributed by atoms with van der Waals surface area (Å²) in [6.45, 7) is 3.47. The zero-order chi connectivity index (χ0) is 23.9. The quantitative estimate of drug-likeness (QED) is 0.379. The number of halogens is 1. The summed E-state index contributed by atoms with van der Waals surface area (Å²) in [4.78, 5) is 41.4. The molecule has 2 aromatic carbocycles. The van der Waals surface area contributed by atoms with E-state index in [4.69, 9.17) is 21.1 Å². The number of ether oxygens (including phenoxy) is 2. The number of rotatable bonds is 6. The summed E-state index contributed by atoms with van der Waals surface area (Å²) >= 11 is 7.43. The zero-order valence-corrected chi connectivity index (χ0v) is 20.0. The molecule has 2 heterocycles. The molecule has 0 aliphatic rings. The van der Waals surface area contributed by atoms with Gasteiger partial charge in [-0.05, 0) is 55.8 Å². The highest BCUT2D eigenvalue weighted by Gasteiger charge is 2.22. The number of carbonyl (C=O) groups is 1. The fraction of sp³-hybridized carbons (Fsp3) is 0.208. The van der Waals surface area contributed by atoms with Gasteiger partial charge in [0.05, 0.1) is 31.8 Å². The average Bonchev–Trinajstić information content (AvgIpc) is 3.10. The Balaban J connectivity index is 1.92. The van der Waals surface area contributed by atoms with E-state index < -0.39 is 11.2 Å². The minimum atomic E-state index is -0.607. The van der Waals surface area contributed by atoms with Crippen LogP contribution in [-0.2, 0) is 6.54 Å². The fourth-order valence-electron chi connectivity index (χ4n) is 3.68. The first-order valence-corrected chi connectivity index (χ1v) is 11.2. The number of methoxy groups -OCH3 is 2. The first-order chi connectivity index (χ1) is 15.8. The average molecular weight is 485 g/mol. The third-order valence-electron chi connectivity index (χ3n) is 5.52. The molecule has 0 bridgehead atoms. The van der Waals surface area contributed by atoms with Crippen LogP contribution in [-0.4, -0.2) is 29.1 Å². The van der Waals surface area contributed by atoms with Crippen LogP contribution in [0.4, 0.5) is 0 Å². The second kappa shape index (κ2) is 8.88. The van der Waals surface area contributed by atoms with E-state index in [0.717, 1.165) is 15.0 Å².